The summed E-state index contributed by atoms with van der Waals surface area (Å²) in [5, 5.41) is 5.88. The molecule has 2 N–H and O–H groups in total. The van der Waals surface area contributed by atoms with Gasteiger partial charge in [0.1, 0.15) is 18.0 Å². The van der Waals surface area contributed by atoms with Crippen LogP contribution >= 0.6 is 11.6 Å². The Morgan fingerprint density at radius 3 is 2.88 bits per heavy atom. The molecule has 3 rings (SSSR count). The first-order chi connectivity index (χ1) is 12.0. The lowest BCUT2D eigenvalue weighted by molar-refractivity contribution is -0.123. The molecule has 0 unspecified atom stereocenters. The van der Waals surface area contributed by atoms with Crippen LogP contribution in [0.2, 0.25) is 5.15 Å². The number of amides is 1. The number of hydrogen-bond acceptors (Lipinski definition) is 4. The Kier molecular flexibility index (Phi) is 5.55. The maximum atomic E-state index is 13.1. The first kappa shape index (κ1) is 17.7. The Balaban J connectivity index is 1.69. The molecule has 3 heterocycles. The first-order valence-electron chi connectivity index (χ1n) is 7.88. The average molecular weight is 367 g/mol. The summed E-state index contributed by atoms with van der Waals surface area (Å²) in [6.07, 6.45) is 0.720. The Hall–Kier alpha value is -2.12. The van der Waals surface area contributed by atoms with E-state index in [0.717, 1.165) is 5.56 Å². The molecule has 0 radical (unpaired) electrons. The van der Waals surface area contributed by atoms with Crippen LogP contribution in [0.4, 0.5) is 8.78 Å². The van der Waals surface area contributed by atoms with Gasteiger partial charge in [-0.1, -0.05) is 11.6 Å². The van der Waals surface area contributed by atoms with E-state index >= 15 is 0 Å². The van der Waals surface area contributed by atoms with Crippen molar-refractivity contribution in [2.45, 2.75) is 31.9 Å². The summed E-state index contributed by atoms with van der Waals surface area (Å²) in [5.41, 5.74) is 2.38. The zero-order chi connectivity index (χ0) is 17.8. The zero-order valence-electron chi connectivity index (χ0n) is 13.3. The summed E-state index contributed by atoms with van der Waals surface area (Å²) >= 11 is 6.05. The molecule has 8 heteroatoms. The molecule has 0 aliphatic carbocycles. The van der Waals surface area contributed by atoms with Gasteiger partial charge in [-0.05, 0) is 29.8 Å². The normalized spacial score (nSPS) is 19.8. The molecule has 2 atom stereocenters. The third kappa shape index (κ3) is 4.49. The van der Waals surface area contributed by atoms with Gasteiger partial charge in [0.05, 0.1) is 17.4 Å². The summed E-state index contributed by atoms with van der Waals surface area (Å²) in [6, 6.07) is 6.21. The number of rotatable bonds is 5. The van der Waals surface area contributed by atoms with Crippen LogP contribution in [-0.4, -0.2) is 34.6 Å². The summed E-state index contributed by atoms with van der Waals surface area (Å²) in [4.78, 5) is 20.3. The highest BCUT2D eigenvalue weighted by atomic mass is 35.5. The Bertz CT molecular complexity index is 757. The molecule has 0 spiro atoms. The number of carbonyl (C=O) groups is 1. The van der Waals surface area contributed by atoms with Gasteiger partial charge in [-0.2, -0.15) is 0 Å². The summed E-state index contributed by atoms with van der Waals surface area (Å²) in [6.45, 7) is -0.181. The van der Waals surface area contributed by atoms with Crippen LogP contribution in [-0.2, 0) is 18.0 Å². The van der Waals surface area contributed by atoms with E-state index in [1.54, 1.807) is 24.3 Å². The lowest BCUT2D eigenvalue weighted by atomic mass is 10.1. The molecule has 132 valence electrons. The second-order valence-corrected chi connectivity index (χ2v) is 6.25. The van der Waals surface area contributed by atoms with Gasteiger partial charge in [0.25, 0.3) is 0 Å². The van der Waals surface area contributed by atoms with E-state index in [0.29, 0.717) is 17.0 Å². The average Bonchev–Trinajstić information content (AvgIpc) is 3.06. The molecular weight excluding hydrogens is 350 g/mol. The number of pyridine rings is 2. The molecule has 0 bridgehead atoms. The SMILES string of the molecule is O=C(NCc1cc(Cl)nc(-c2ccc(CF)nc2)c1)[C@@H]1C[C@@H](F)CN1. The molecule has 5 nitrogen and oxygen atoms in total. The number of alkyl halides is 2. The molecule has 1 amide bonds. The number of halogens is 3. The van der Waals surface area contributed by atoms with Crippen molar-refractivity contribution in [3.05, 3.63) is 46.9 Å². The van der Waals surface area contributed by atoms with Crippen LogP contribution in [0, 0.1) is 0 Å². The summed E-state index contributed by atoms with van der Waals surface area (Å²) in [7, 11) is 0. The maximum absolute atomic E-state index is 13.1. The third-order valence-corrected chi connectivity index (χ3v) is 4.17. The largest absolute Gasteiger partial charge is 0.351 e. The van der Waals surface area contributed by atoms with Gasteiger partial charge < -0.3 is 10.6 Å². The molecule has 1 saturated heterocycles. The van der Waals surface area contributed by atoms with Crippen molar-refractivity contribution in [2.75, 3.05) is 6.54 Å². The van der Waals surface area contributed by atoms with Crippen molar-refractivity contribution < 1.29 is 13.6 Å². The fourth-order valence-electron chi connectivity index (χ4n) is 2.66. The van der Waals surface area contributed by atoms with Crippen LogP contribution in [0.3, 0.4) is 0 Å². The molecular formula is C17H17ClF2N4O. The fraction of sp³-hybridized carbons (Fsp3) is 0.353. The van der Waals surface area contributed by atoms with E-state index in [2.05, 4.69) is 20.6 Å². The molecule has 1 aliphatic rings. The molecule has 1 aliphatic heterocycles. The Morgan fingerprint density at radius 2 is 2.24 bits per heavy atom. The van der Waals surface area contributed by atoms with Crippen molar-refractivity contribution in [1.29, 1.82) is 0 Å². The van der Waals surface area contributed by atoms with Crippen molar-refractivity contribution in [1.82, 2.24) is 20.6 Å². The molecule has 0 aromatic carbocycles. The lowest BCUT2D eigenvalue weighted by Gasteiger charge is -2.12. The highest BCUT2D eigenvalue weighted by Crippen LogP contribution is 2.21. The molecule has 2 aromatic rings. The van der Waals surface area contributed by atoms with Gasteiger partial charge >= 0.3 is 0 Å². The topological polar surface area (TPSA) is 66.9 Å². The van der Waals surface area contributed by atoms with Crippen LogP contribution in [0.15, 0.2) is 30.5 Å². The number of nitrogens with zero attached hydrogens (tertiary/aromatic N) is 2. The molecule has 25 heavy (non-hydrogen) atoms. The van der Waals surface area contributed by atoms with Crippen LogP contribution in [0.25, 0.3) is 11.3 Å². The summed E-state index contributed by atoms with van der Waals surface area (Å²) < 4.78 is 25.7. The summed E-state index contributed by atoms with van der Waals surface area (Å²) in [5.74, 6) is -0.247. The molecule has 0 saturated carbocycles. The zero-order valence-corrected chi connectivity index (χ0v) is 14.1. The van der Waals surface area contributed by atoms with Crippen molar-refractivity contribution in [3.8, 4) is 11.3 Å². The van der Waals surface area contributed by atoms with E-state index in [9.17, 15) is 13.6 Å². The predicted molar refractivity (Wildman–Crippen MR) is 90.4 cm³/mol. The highest BCUT2D eigenvalue weighted by molar-refractivity contribution is 6.29. The van der Waals surface area contributed by atoms with E-state index in [-0.39, 0.29) is 30.6 Å². The lowest BCUT2D eigenvalue weighted by Crippen LogP contribution is -2.40. The van der Waals surface area contributed by atoms with Crippen molar-refractivity contribution in [2.24, 2.45) is 0 Å². The number of hydrogen-bond donors (Lipinski definition) is 2. The number of aromatic nitrogens is 2. The Morgan fingerprint density at radius 1 is 1.40 bits per heavy atom. The smallest absolute Gasteiger partial charge is 0.237 e. The highest BCUT2D eigenvalue weighted by Gasteiger charge is 2.28. The van der Waals surface area contributed by atoms with Gasteiger partial charge in [-0.3, -0.25) is 9.78 Å². The fourth-order valence-corrected chi connectivity index (χ4v) is 2.89. The van der Waals surface area contributed by atoms with Gasteiger partial charge in [-0.25, -0.2) is 13.8 Å². The first-order valence-corrected chi connectivity index (χ1v) is 8.26. The third-order valence-electron chi connectivity index (χ3n) is 3.97. The van der Waals surface area contributed by atoms with E-state index in [4.69, 9.17) is 11.6 Å². The predicted octanol–water partition coefficient (Wildman–Crippen LogP) is 2.58. The van der Waals surface area contributed by atoms with E-state index in [1.807, 2.05) is 0 Å². The monoisotopic (exact) mass is 366 g/mol. The van der Waals surface area contributed by atoms with Crippen molar-refractivity contribution >= 4 is 17.5 Å². The Labute approximate surface area is 148 Å². The van der Waals surface area contributed by atoms with Crippen LogP contribution in [0.5, 0.6) is 0 Å². The second kappa shape index (κ2) is 7.84. The van der Waals surface area contributed by atoms with Crippen LogP contribution in [0.1, 0.15) is 17.7 Å². The standard InChI is InChI=1S/C17H17ClF2N4O/c18-16-4-10(7-23-17(25)15-5-12(20)9-22-15)3-14(24-16)11-1-2-13(6-19)21-8-11/h1-4,8,12,15,22H,5-7,9H2,(H,23,25)/t12-,15+/m1/s1. The van der Waals surface area contributed by atoms with Gasteiger partial charge in [0.15, 0.2) is 0 Å². The van der Waals surface area contributed by atoms with E-state index < -0.39 is 18.9 Å². The molecule has 1 fully saturated rings. The number of carbonyl (C=O) groups excluding carboxylic acids is 1. The quantitative estimate of drug-likeness (QED) is 0.798. The van der Waals surface area contributed by atoms with Gasteiger partial charge in [-0.15, -0.1) is 0 Å². The minimum absolute atomic E-state index is 0.181. The number of nitrogens with one attached hydrogen (secondary N) is 2. The minimum atomic E-state index is -0.988. The van der Waals surface area contributed by atoms with Gasteiger partial charge in [0, 0.05) is 31.3 Å². The second-order valence-electron chi connectivity index (χ2n) is 5.87. The van der Waals surface area contributed by atoms with Crippen LogP contribution < -0.4 is 10.6 Å². The van der Waals surface area contributed by atoms with Gasteiger partial charge in [0.2, 0.25) is 5.91 Å². The maximum Gasteiger partial charge on any atom is 0.237 e. The van der Waals surface area contributed by atoms with E-state index in [1.165, 1.54) is 6.20 Å². The van der Waals surface area contributed by atoms with Crippen molar-refractivity contribution in [3.63, 3.8) is 0 Å². The molecule has 2 aromatic heterocycles. The minimum Gasteiger partial charge on any atom is -0.351 e.